The van der Waals surface area contributed by atoms with Gasteiger partial charge >= 0.3 is 0 Å². The van der Waals surface area contributed by atoms with Gasteiger partial charge in [-0.2, -0.15) is 4.72 Å². The summed E-state index contributed by atoms with van der Waals surface area (Å²) in [6.07, 6.45) is 9.88. The van der Waals surface area contributed by atoms with E-state index in [1.165, 1.54) is 7.11 Å². The van der Waals surface area contributed by atoms with Crippen LogP contribution in [-0.4, -0.2) is 55.4 Å². The number of hydrogen-bond acceptors (Lipinski definition) is 9. The molecule has 1 unspecified atom stereocenters. The van der Waals surface area contributed by atoms with Crippen molar-refractivity contribution < 1.29 is 18.8 Å². The van der Waals surface area contributed by atoms with Crippen molar-refractivity contribution in [1.29, 1.82) is 0 Å². The molecule has 0 saturated heterocycles. The number of carbonyl (C=O) groups excluding carboxylic acids is 1. The minimum atomic E-state index is -1.71. The van der Waals surface area contributed by atoms with Crippen molar-refractivity contribution in [3.8, 4) is 17.1 Å². The second kappa shape index (κ2) is 13.8. The molecule has 2 aromatic heterocycles. The third kappa shape index (κ3) is 6.68. The van der Waals surface area contributed by atoms with E-state index in [-0.39, 0.29) is 17.6 Å². The minimum Gasteiger partial charge on any atom is -0.588 e. The molecular formula is C32H40N6O4S. The highest BCUT2D eigenvalue weighted by Gasteiger charge is 2.49. The Morgan fingerprint density at radius 3 is 2.72 bits per heavy atom. The first-order valence-electron chi connectivity index (χ1n) is 15.0. The number of nitrogens with one attached hydrogen (secondary N) is 1. The van der Waals surface area contributed by atoms with Crippen LogP contribution in [0.4, 0.5) is 5.82 Å². The number of rotatable bonds is 13. The van der Waals surface area contributed by atoms with Crippen LogP contribution in [0.3, 0.4) is 0 Å². The summed E-state index contributed by atoms with van der Waals surface area (Å²) in [5.41, 5.74) is 3.39. The van der Waals surface area contributed by atoms with E-state index in [1.54, 1.807) is 24.5 Å². The summed E-state index contributed by atoms with van der Waals surface area (Å²) in [5.74, 6) is 1.59. The van der Waals surface area contributed by atoms with Gasteiger partial charge in [-0.1, -0.05) is 44.4 Å². The second-order valence-electron chi connectivity index (χ2n) is 11.0. The van der Waals surface area contributed by atoms with E-state index in [4.69, 9.17) is 14.5 Å². The standard InChI is InChI=1S/C32H40N6O4S/c1-5-7-12-27-36-32(15-8-9-16-32)31(39)38(27)20-23-13-14-25(24(18-23)21-42-6-2)28-26(11-10-17-33-28)43(40)37-29-30(41-4)35-22(3)19-34-29/h10-11,13-14,17-19H,5-9,12,15-16,20-21H2,1-4H3,(H,34,37). The summed E-state index contributed by atoms with van der Waals surface area (Å²) in [7, 11) is 1.50. The van der Waals surface area contributed by atoms with Gasteiger partial charge in [0, 0.05) is 24.8 Å². The molecule has 1 fully saturated rings. The number of aromatic nitrogens is 3. The Bertz CT molecular complexity index is 1480. The smallest absolute Gasteiger partial charge is 0.261 e. The summed E-state index contributed by atoms with van der Waals surface area (Å²) in [6, 6.07) is 9.59. The van der Waals surface area contributed by atoms with E-state index < -0.39 is 16.9 Å². The van der Waals surface area contributed by atoms with Gasteiger partial charge in [-0.15, -0.1) is 0 Å². The van der Waals surface area contributed by atoms with Crippen LogP contribution in [0.1, 0.15) is 75.6 Å². The summed E-state index contributed by atoms with van der Waals surface area (Å²) in [4.78, 5) is 34.4. The van der Waals surface area contributed by atoms with Crippen molar-refractivity contribution in [1.82, 2.24) is 19.9 Å². The Labute approximate surface area is 256 Å². The molecule has 1 amide bonds. The van der Waals surface area contributed by atoms with Crippen LogP contribution < -0.4 is 9.46 Å². The minimum absolute atomic E-state index is 0.134. The van der Waals surface area contributed by atoms with Gasteiger partial charge in [0.05, 0.1) is 32.2 Å². The predicted octanol–water partition coefficient (Wildman–Crippen LogP) is 5.77. The number of benzene rings is 1. The number of aryl methyl sites for hydroxylation is 1. The lowest BCUT2D eigenvalue weighted by molar-refractivity contribution is -0.131. The molecule has 3 heterocycles. The Balaban J connectivity index is 1.45. The summed E-state index contributed by atoms with van der Waals surface area (Å²) < 4.78 is 27.7. The van der Waals surface area contributed by atoms with Crippen LogP contribution >= 0.6 is 0 Å². The van der Waals surface area contributed by atoms with Crippen LogP contribution in [0.25, 0.3) is 11.3 Å². The summed E-state index contributed by atoms with van der Waals surface area (Å²) >= 11 is -1.71. The first-order chi connectivity index (χ1) is 20.9. The number of anilines is 1. The number of aliphatic imine (C=N–C) groups is 1. The molecule has 0 radical (unpaired) electrons. The molecule has 43 heavy (non-hydrogen) atoms. The van der Waals surface area contributed by atoms with Crippen molar-refractivity contribution in [2.45, 2.75) is 89.3 Å². The first kappa shape index (κ1) is 30.9. The van der Waals surface area contributed by atoms with Gasteiger partial charge in [-0.25, -0.2) is 9.97 Å². The molecule has 1 saturated carbocycles. The Hall–Kier alpha value is -3.54. The first-order valence-corrected chi connectivity index (χ1v) is 16.2. The topological polar surface area (TPSA) is 125 Å². The highest BCUT2D eigenvalue weighted by atomic mass is 32.2. The van der Waals surface area contributed by atoms with E-state index in [0.717, 1.165) is 67.5 Å². The number of carbonyl (C=O) groups is 1. The molecule has 1 aliphatic heterocycles. The van der Waals surface area contributed by atoms with E-state index in [1.807, 2.05) is 30.9 Å². The number of methoxy groups -OCH3 is 1. The predicted molar refractivity (Wildman–Crippen MR) is 167 cm³/mol. The van der Waals surface area contributed by atoms with Gasteiger partial charge in [0.2, 0.25) is 10.7 Å². The zero-order chi connectivity index (χ0) is 30.4. The quantitative estimate of drug-likeness (QED) is 0.244. The van der Waals surface area contributed by atoms with E-state index in [9.17, 15) is 9.35 Å². The monoisotopic (exact) mass is 604 g/mol. The van der Waals surface area contributed by atoms with Crippen LogP contribution in [-0.2, 0) is 34.0 Å². The molecule has 2 aliphatic rings. The molecule has 0 bridgehead atoms. The van der Waals surface area contributed by atoms with Crippen molar-refractivity contribution >= 4 is 28.9 Å². The van der Waals surface area contributed by atoms with Gasteiger partial charge in [-0.3, -0.25) is 19.7 Å². The zero-order valence-electron chi connectivity index (χ0n) is 25.4. The lowest BCUT2D eigenvalue weighted by atomic mass is 9.97. The molecule has 5 rings (SSSR count). The molecule has 1 atom stereocenters. The molecular weight excluding hydrogens is 564 g/mol. The molecule has 11 heteroatoms. The maximum Gasteiger partial charge on any atom is 0.261 e. The van der Waals surface area contributed by atoms with Gasteiger partial charge in [0.15, 0.2) is 0 Å². The van der Waals surface area contributed by atoms with E-state index in [0.29, 0.717) is 36.0 Å². The summed E-state index contributed by atoms with van der Waals surface area (Å²) in [5, 5.41) is 0. The molecule has 10 nitrogen and oxygen atoms in total. The van der Waals surface area contributed by atoms with Crippen molar-refractivity contribution in [3.63, 3.8) is 0 Å². The molecule has 1 aromatic carbocycles. The van der Waals surface area contributed by atoms with Gasteiger partial charge in [-0.05, 0) is 56.4 Å². The fourth-order valence-electron chi connectivity index (χ4n) is 5.74. The average molecular weight is 605 g/mol. The summed E-state index contributed by atoms with van der Waals surface area (Å²) in [6.45, 7) is 7.26. The van der Waals surface area contributed by atoms with Crippen LogP contribution in [0.5, 0.6) is 5.88 Å². The number of ether oxygens (including phenoxy) is 2. The highest BCUT2D eigenvalue weighted by Crippen LogP contribution is 2.40. The number of nitrogens with zero attached hydrogens (tertiary/aromatic N) is 5. The highest BCUT2D eigenvalue weighted by molar-refractivity contribution is 7.92. The van der Waals surface area contributed by atoms with Gasteiger partial charge < -0.3 is 14.0 Å². The van der Waals surface area contributed by atoms with Gasteiger partial charge in [0.1, 0.15) is 28.4 Å². The molecule has 1 spiro atoms. The van der Waals surface area contributed by atoms with Gasteiger partial charge in [0.25, 0.3) is 11.8 Å². The van der Waals surface area contributed by atoms with Crippen molar-refractivity contribution in [3.05, 3.63) is 59.5 Å². The van der Waals surface area contributed by atoms with Crippen molar-refractivity contribution in [2.75, 3.05) is 18.4 Å². The maximum absolute atomic E-state index is 13.7. The number of unbranched alkanes of at least 4 members (excludes halogenated alkanes) is 1. The van der Waals surface area contributed by atoms with Crippen LogP contribution in [0.2, 0.25) is 0 Å². The third-order valence-electron chi connectivity index (χ3n) is 7.92. The SMILES string of the molecule is CCCCC1=NC2(CCCC2)C(=O)N1Cc1ccc(-c2ncccc2[S+]([O-])Nc2ncc(C)nc2OC)c(COCC)c1. The molecule has 1 aliphatic carbocycles. The molecule has 228 valence electrons. The Kier molecular flexibility index (Phi) is 9.94. The third-order valence-corrected chi connectivity index (χ3v) is 9.03. The van der Waals surface area contributed by atoms with Crippen LogP contribution in [0, 0.1) is 6.92 Å². The Morgan fingerprint density at radius 1 is 1.16 bits per heavy atom. The largest absolute Gasteiger partial charge is 0.588 e. The van der Waals surface area contributed by atoms with E-state index >= 15 is 0 Å². The lowest BCUT2D eigenvalue weighted by Crippen LogP contribution is -2.40. The fraction of sp³-hybridized carbons (Fsp3) is 0.469. The number of amides is 1. The average Bonchev–Trinajstić information content (AvgIpc) is 3.60. The second-order valence-corrected chi connectivity index (χ2v) is 12.2. The fourth-order valence-corrected chi connectivity index (χ4v) is 6.71. The maximum atomic E-state index is 13.7. The zero-order valence-corrected chi connectivity index (χ0v) is 26.2. The lowest BCUT2D eigenvalue weighted by Gasteiger charge is -2.23. The molecule has 1 N–H and O–H groups in total. The van der Waals surface area contributed by atoms with Crippen molar-refractivity contribution in [2.24, 2.45) is 4.99 Å². The number of hydrogen-bond donors (Lipinski definition) is 1. The van der Waals surface area contributed by atoms with Crippen LogP contribution in [0.15, 0.2) is 52.6 Å². The molecule has 3 aromatic rings. The normalized spacial score (nSPS) is 16.5. The Morgan fingerprint density at radius 2 is 1.98 bits per heavy atom. The number of amidine groups is 1. The van der Waals surface area contributed by atoms with E-state index in [2.05, 4.69) is 32.7 Å². The number of pyridine rings is 1.